The number of carbonyl (C=O) groups is 1. The molecule has 1 amide bonds. The van der Waals surface area contributed by atoms with Crippen molar-refractivity contribution in [3.05, 3.63) is 53.4 Å². The number of rotatable bonds is 4. The summed E-state index contributed by atoms with van der Waals surface area (Å²) in [5, 5.41) is 0. The Kier molecular flexibility index (Phi) is 3.70. The smallest absolute Gasteiger partial charge is 0.269 e. The second kappa shape index (κ2) is 5.43. The number of hydrogen-bond donors (Lipinski definition) is 1. The molecule has 2 N–H and O–H groups in total. The van der Waals surface area contributed by atoms with Crippen molar-refractivity contribution >= 4 is 5.91 Å². The van der Waals surface area contributed by atoms with Crippen molar-refractivity contribution in [2.75, 3.05) is 7.11 Å². The van der Waals surface area contributed by atoms with Gasteiger partial charge in [0.2, 0.25) is 5.95 Å². The van der Waals surface area contributed by atoms with Gasteiger partial charge in [-0.2, -0.15) is 4.39 Å². The summed E-state index contributed by atoms with van der Waals surface area (Å²) in [4.78, 5) is 18.6. The van der Waals surface area contributed by atoms with E-state index >= 15 is 0 Å². The number of carbonyl (C=O) groups excluding carboxylic acids is 1. The molecule has 0 fully saturated rings. The predicted molar refractivity (Wildman–Crippen MR) is 66.3 cm³/mol. The third-order valence-electron chi connectivity index (χ3n) is 2.56. The first-order valence-corrected chi connectivity index (χ1v) is 5.54. The van der Waals surface area contributed by atoms with Gasteiger partial charge in [-0.15, -0.1) is 0 Å². The fourth-order valence-electron chi connectivity index (χ4n) is 1.69. The summed E-state index contributed by atoms with van der Waals surface area (Å²) < 4.78 is 18.1. The molecule has 0 spiro atoms. The summed E-state index contributed by atoms with van der Waals surface area (Å²) >= 11 is 0. The zero-order valence-corrected chi connectivity index (χ0v) is 10.3. The first kappa shape index (κ1) is 12.9. The van der Waals surface area contributed by atoms with Gasteiger partial charge in [0.15, 0.2) is 5.69 Å². The summed E-state index contributed by atoms with van der Waals surface area (Å²) in [5.74, 6) is -0.943. The molecule has 6 heteroatoms. The van der Waals surface area contributed by atoms with Crippen LogP contribution in [0.1, 0.15) is 21.7 Å². The Labute approximate surface area is 109 Å². The maximum atomic E-state index is 13.0. The Hall–Kier alpha value is -2.50. The monoisotopic (exact) mass is 261 g/mol. The van der Waals surface area contributed by atoms with E-state index in [-0.39, 0.29) is 5.69 Å². The molecule has 0 aliphatic carbocycles. The van der Waals surface area contributed by atoms with Crippen LogP contribution in [0.5, 0.6) is 5.75 Å². The van der Waals surface area contributed by atoms with Crippen LogP contribution in [0, 0.1) is 5.95 Å². The minimum Gasteiger partial charge on any atom is -0.497 e. The van der Waals surface area contributed by atoms with Crippen LogP contribution in [0.3, 0.4) is 0 Å². The Bertz CT molecular complexity index is 617. The van der Waals surface area contributed by atoms with E-state index in [1.165, 1.54) is 0 Å². The highest BCUT2D eigenvalue weighted by Crippen LogP contribution is 2.16. The zero-order chi connectivity index (χ0) is 13.8. The Morgan fingerprint density at radius 2 is 2.26 bits per heavy atom. The largest absolute Gasteiger partial charge is 0.497 e. The van der Waals surface area contributed by atoms with E-state index in [0.717, 1.165) is 11.8 Å². The third-order valence-corrected chi connectivity index (χ3v) is 2.56. The summed E-state index contributed by atoms with van der Waals surface area (Å²) in [7, 11) is 1.56. The van der Waals surface area contributed by atoms with E-state index in [4.69, 9.17) is 10.5 Å². The minimum absolute atomic E-state index is 0.150. The predicted octanol–water partition coefficient (Wildman–Crippen LogP) is 1.31. The molecular formula is C13H12FN3O2. The number of primary amides is 1. The topological polar surface area (TPSA) is 78.1 Å². The van der Waals surface area contributed by atoms with Gasteiger partial charge in [-0.1, -0.05) is 12.1 Å². The first-order valence-electron chi connectivity index (χ1n) is 5.54. The van der Waals surface area contributed by atoms with Gasteiger partial charge < -0.3 is 10.5 Å². The SMILES string of the molecule is COc1cccc(Cc2ncc(F)nc2C(N)=O)c1. The second-order valence-electron chi connectivity index (χ2n) is 3.88. The molecular weight excluding hydrogens is 249 g/mol. The molecule has 0 saturated carbocycles. The van der Waals surface area contributed by atoms with Gasteiger partial charge in [0.1, 0.15) is 5.75 Å². The lowest BCUT2D eigenvalue weighted by Gasteiger charge is -2.06. The van der Waals surface area contributed by atoms with Crippen molar-refractivity contribution in [2.45, 2.75) is 6.42 Å². The van der Waals surface area contributed by atoms with Gasteiger partial charge >= 0.3 is 0 Å². The van der Waals surface area contributed by atoms with Gasteiger partial charge in [0.05, 0.1) is 19.0 Å². The Morgan fingerprint density at radius 3 is 2.95 bits per heavy atom. The quantitative estimate of drug-likeness (QED) is 0.900. The maximum Gasteiger partial charge on any atom is 0.269 e. The van der Waals surface area contributed by atoms with Crippen LogP contribution in [-0.2, 0) is 6.42 Å². The van der Waals surface area contributed by atoms with Crippen LogP contribution in [0.2, 0.25) is 0 Å². The van der Waals surface area contributed by atoms with E-state index in [9.17, 15) is 9.18 Å². The lowest BCUT2D eigenvalue weighted by molar-refractivity contribution is 0.0993. The number of halogens is 1. The number of methoxy groups -OCH3 is 1. The van der Waals surface area contributed by atoms with E-state index in [0.29, 0.717) is 17.9 Å². The molecule has 0 unspecified atom stereocenters. The van der Waals surface area contributed by atoms with Gasteiger partial charge in [0.25, 0.3) is 5.91 Å². The fourth-order valence-corrected chi connectivity index (χ4v) is 1.69. The highest BCUT2D eigenvalue weighted by atomic mass is 19.1. The van der Waals surface area contributed by atoms with Crippen molar-refractivity contribution in [1.82, 2.24) is 9.97 Å². The molecule has 1 aromatic carbocycles. The number of aromatic nitrogens is 2. The summed E-state index contributed by atoms with van der Waals surface area (Å²) in [6.45, 7) is 0. The molecule has 1 heterocycles. The lowest BCUT2D eigenvalue weighted by Crippen LogP contribution is -2.18. The highest BCUT2D eigenvalue weighted by Gasteiger charge is 2.13. The molecule has 0 saturated heterocycles. The average Bonchev–Trinajstić information content (AvgIpc) is 2.41. The highest BCUT2D eigenvalue weighted by molar-refractivity contribution is 5.91. The second-order valence-corrected chi connectivity index (χ2v) is 3.88. The number of nitrogens with two attached hydrogens (primary N) is 1. The van der Waals surface area contributed by atoms with Gasteiger partial charge in [-0.25, -0.2) is 4.98 Å². The molecule has 0 radical (unpaired) electrons. The zero-order valence-electron chi connectivity index (χ0n) is 10.3. The van der Waals surface area contributed by atoms with Gasteiger partial charge in [-0.05, 0) is 17.7 Å². The molecule has 1 aromatic heterocycles. The molecule has 2 aromatic rings. The van der Waals surface area contributed by atoms with E-state index in [1.54, 1.807) is 19.2 Å². The number of amides is 1. The molecule has 0 aliphatic rings. The minimum atomic E-state index is -0.830. The molecule has 19 heavy (non-hydrogen) atoms. The van der Waals surface area contributed by atoms with Crippen LogP contribution in [0.25, 0.3) is 0 Å². The van der Waals surface area contributed by atoms with Gasteiger partial charge in [-0.3, -0.25) is 9.78 Å². The normalized spacial score (nSPS) is 10.2. The molecule has 98 valence electrons. The van der Waals surface area contributed by atoms with Crippen molar-refractivity contribution in [3.63, 3.8) is 0 Å². The number of hydrogen-bond acceptors (Lipinski definition) is 4. The van der Waals surface area contributed by atoms with Crippen molar-refractivity contribution < 1.29 is 13.9 Å². The van der Waals surface area contributed by atoms with Crippen LogP contribution in [-0.4, -0.2) is 23.0 Å². The fraction of sp³-hybridized carbons (Fsp3) is 0.154. The number of benzene rings is 1. The van der Waals surface area contributed by atoms with Crippen molar-refractivity contribution in [2.24, 2.45) is 5.73 Å². The van der Waals surface area contributed by atoms with E-state index < -0.39 is 11.9 Å². The average molecular weight is 261 g/mol. The third kappa shape index (κ3) is 3.04. The van der Waals surface area contributed by atoms with Crippen LogP contribution in [0.4, 0.5) is 4.39 Å². The lowest BCUT2D eigenvalue weighted by atomic mass is 10.1. The molecule has 2 rings (SSSR count). The van der Waals surface area contributed by atoms with Crippen molar-refractivity contribution in [3.8, 4) is 5.75 Å². The van der Waals surface area contributed by atoms with Crippen LogP contribution < -0.4 is 10.5 Å². The summed E-state index contributed by atoms with van der Waals surface area (Å²) in [6.07, 6.45) is 1.28. The van der Waals surface area contributed by atoms with E-state index in [1.807, 2.05) is 12.1 Å². The molecule has 0 aliphatic heterocycles. The van der Waals surface area contributed by atoms with Crippen LogP contribution in [0.15, 0.2) is 30.5 Å². The van der Waals surface area contributed by atoms with E-state index in [2.05, 4.69) is 9.97 Å². The number of nitrogens with zero attached hydrogens (tertiary/aromatic N) is 2. The molecule has 5 nitrogen and oxygen atoms in total. The van der Waals surface area contributed by atoms with Gasteiger partial charge in [0, 0.05) is 6.42 Å². The first-order chi connectivity index (χ1) is 9.10. The molecule has 0 atom stereocenters. The summed E-state index contributed by atoms with van der Waals surface area (Å²) in [5.41, 5.74) is 6.21. The van der Waals surface area contributed by atoms with Crippen molar-refractivity contribution in [1.29, 1.82) is 0 Å². The molecule has 0 bridgehead atoms. The maximum absolute atomic E-state index is 13.0. The van der Waals surface area contributed by atoms with Crippen LogP contribution >= 0.6 is 0 Å². The summed E-state index contributed by atoms with van der Waals surface area (Å²) in [6, 6.07) is 7.26. The number of ether oxygens (including phenoxy) is 1. The Morgan fingerprint density at radius 1 is 1.47 bits per heavy atom. The standard InChI is InChI=1S/C13H12FN3O2/c1-19-9-4-2-3-8(5-9)6-10-12(13(15)18)17-11(14)7-16-10/h2-5,7H,6H2,1H3,(H2,15,18). The Balaban J connectivity index is 2.34.